The number of imidazole rings is 1. The van der Waals surface area contributed by atoms with E-state index in [-0.39, 0.29) is 6.54 Å². The molecule has 0 aliphatic rings. The van der Waals surface area contributed by atoms with Crippen LogP contribution in [0.1, 0.15) is 12.2 Å². The predicted molar refractivity (Wildman–Crippen MR) is 68.4 cm³/mol. The lowest BCUT2D eigenvalue weighted by molar-refractivity contribution is -0.139. The van der Waals surface area contributed by atoms with Gasteiger partial charge in [-0.25, -0.2) is 14.6 Å². The summed E-state index contributed by atoms with van der Waals surface area (Å²) in [5.41, 5.74) is 0. The Bertz CT molecular complexity index is 382. The minimum atomic E-state index is -1.03. The number of carbonyl (C=O) groups excluding carboxylic acids is 1. The third-order valence-corrected chi connectivity index (χ3v) is 2.83. The van der Waals surface area contributed by atoms with Gasteiger partial charge in [-0.3, -0.25) is 0 Å². The van der Waals surface area contributed by atoms with Crippen molar-refractivity contribution in [1.29, 1.82) is 0 Å². The molecule has 100 valence electrons. The minimum absolute atomic E-state index is 0.230. The lowest BCUT2D eigenvalue weighted by atomic mass is 10.2. The molecule has 0 aliphatic carbocycles. The second kappa shape index (κ2) is 7.59. The molecule has 0 fully saturated rings. The van der Waals surface area contributed by atoms with Gasteiger partial charge in [0.2, 0.25) is 0 Å². The van der Waals surface area contributed by atoms with E-state index in [0.29, 0.717) is 18.0 Å². The van der Waals surface area contributed by atoms with Crippen molar-refractivity contribution in [1.82, 2.24) is 20.6 Å². The van der Waals surface area contributed by atoms with Gasteiger partial charge in [-0.05, 0) is 18.4 Å². The third kappa shape index (κ3) is 5.09. The molecular weight excluding hydrogens is 256 g/mol. The summed E-state index contributed by atoms with van der Waals surface area (Å²) in [7, 11) is 0. The fourth-order valence-electron chi connectivity index (χ4n) is 1.26. The van der Waals surface area contributed by atoms with E-state index in [1.54, 1.807) is 12.4 Å². The standard InChI is InChI=1S/C10H16N4O3S/c1-18-5-2-7(9(15)16)14-10(17)13-6-8-11-3-4-12-8/h3-4,7H,2,5-6H2,1H3,(H,11,12)(H,15,16)(H2,13,14,17). The topological polar surface area (TPSA) is 107 Å². The van der Waals surface area contributed by atoms with Gasteiger partial charge in [0, 0.05) is 12.4 Å². The largest absolute Gasteiger partial charge is 0.480 e. The molecule has 1 heterocycles. The molecule has 1 aromatic rings. The Morgan fingerprint density at radius 1 is 1.61 bits per heavy atom. The molecule has 1 unspecified atom stereocenters. The van der Waals surface area contributed by atoms with Crippen LogP contribution in [0.4, 0.5) is 4.79 Å². The van der Waals surface area contributed by atoms with Crippen LogP contribution in [0.5, 0.6) is 0 Å². The van der Waals surface area contributed by atoms with Gasteiger partial charge in [0.25, 0.3) is 0 Å². The Morgan fingerprint density at radius 3 is 2.94 bits per heavy atom. The van der Waals surface area contributed by atoms with E-state index in [2.05, 4.69) is 20.6 Å². The van der Waals surface area contributed by atoms with Crippen molar-refractivity contribution in [3.63, 3.8) is 0 Å². The zero-order chi connectivity index (χ0) is 13.4. The number of amides is 2. The summed E-state index contributed by atoms with van der Waals surface area (Å²) in [6.07, 6.45) is 5.50. The number of carboxylic acids is 1. The molecule has 1 rings (SSSR count). The number of nitrogens with one attached hydrogen (secondary N) is 3. The van der Waals surface area contributed by atoms with E-state index in [1.165, 1.54) is 11.8 Å². The van der Waals surface area contributed by atoms with Crippen molar-refractivity contribution in [3.05, 3.63) is 18.2 Å². The van der Waals surface area contributed by atoms with E-state index in [9.17, 15) is 9.59 Å². The average Bonchev–Trinajstić information content (AvgIpc) is 2.84. The van der Waals surface area contributed by atoms with Crippen LogP contribution in [-0.4, -0.2) is 45.1 Å². The monoisotopic (exact) mass is 272 g/mol. The van der Waals surface area contributed by atoms with E-state index in [4.69, 9.17) is 5.11 Å². The van der Waals surface area contributed by atoms with Gasteiger partial charge in [-0.2, -0.15) is 11.8 Å². The Morgan fingerprint density at radius 2 is 2.39 bits per heavy atom. The highest BCUT2D eigenvalue weighted by atomic mass is 32.2. The number of thioether (sulfide) groups is 1. The molecule has 0 saturated heterocycles. The van der Waals surface area contributed by atoms with E-state index >= 15 is 0 Å². The van der Waals surface area contributed by atoms with E-state index < -0.39 is 18.0 Å². The summed E-state index contributed by atoms with van der Waals surface area (Å²) in [6.45, 7) is 0.230. The number of nitrogens with zero attached hydrogens (tertiary/aromatic N) is 1. The molecule has 0 spiro atoms. The summed E-state index contributed by atoms with van der Waals surface area (Å²) < 4.78 is 0. The predicted octanol–water partition coefficient (Wildman–Crippen LogP) is 0.415. The number of hydrogen-bond donors (Lipinski definition) is 4. The quantitative estimate of drug-likeness (QED) is 0.575. The van der Waals surface area contributed by atoms with Crippen molar-refractivity contribution < 1.29 is 14.7 Å². The number of urea groups is 1. The van der Waals surface area contributed by atoms with Crippen molar-refractivity contribution >= 4 is 23.8 Å². The number of aromatic amines is 1. The number of aromatic nitrogens is 2. The maximum Gasteiger partial charge on any atom is 0.326 e. The normalized spacial score (nSPS) is 11.8. The highest BCUT2D eigenvalue weighted by Gasteiger charge is 2.19. The highest BCUT2D eigenvalue weighted by molar-refractivity contribution is 7.98. The number of hydrogen-bond acceptors (Lipinski definition) is 4. The Kier molecular flexibility index (Phi) is 6.06. The number of carboxylic acid groups (broad SMARTS) is 1. The van der Waals surface area contributed by atoms with Crippen LogP contribution < -0.4 is 10.6 Å². The maximum atomic E-state index is 11.5. The molecular formula is C10H16N4O3S. The first-order valence-corrected chi connectivity index (χ1v) is 6.77. The van der Waals surface area contributed by atoms with Crippen molar-refractivity contribution in [2.24, 2.45) is 0 Å². The van der Waals surface area contributed by atoms with Crippen LogP contribution in [0.2, 0.25) is 0 Å². The number of H-pyrrole nitrogens is 1. The Labute approximate surface area is 109 Å². The summed E-state index contributed by atoms with van der Waals surface area (Å²) in [5, 5.41) is 13.9. The summed E-state index contributed by atoms with van der Waals surface area (Å²) in [6, 6.07) is -1.38. The van der Waals surface area contributed by atoms with Crippen molar-refractivity contribution in [2.75, 3.05) is 12.0 Å². The average molecular weight is 272 g/mol. The highest BCUT2D eigenvalue weighted by Crippen LogP contribution is 2.00. The second-order valence-electron chi connectivity index (χ2n) is 3.54. The van der Waals surface area contributed by atoms with E-state index in [1.807, 2.05) is 6.26 Å². The zero-order valence-corrected chi connectivity index (χ0v) is 10.8. The van der Waals surface area contributed by atoms with Crippen molar-refractivity contribution in [3.8, 4) is 0 Å². The third-order valence-electron chi connectivity index (χ3n) is 2.19. The lowest BCUT2D eigenvalue weighted by Crippen LogP contribution is -2.46. The molecule has 18 heavy (non-hydrogen) atoms. The van der Waals surface area contributed by atoms with Gasteiger partial charge < -0.3 is 20.7 Å². The molecule has 0 aliphatic heterocycles. The van der Waals surface area contributed by atoms with Crippen LogP contribution in [0.3, 0.4) is 0 Å². The first-order chi connectivity index (χ1) is 8.63. The zero-order valence-electron chi connectivity index (χ0n) is 9.97. The summed E-state index contributed by atoms with van der Waals surface area (Å²) in [5.74, 6) is 0.258. The first-order valence-electron chi connectivity index (χ1n) is 5.38. The van der Waals surface area contributed by atoms with Crippen LogP contribution in [0.25, 0.3) is 0 Å². The van der Waals surface area contributed by atoms with Crippen molar-refractivity contribution in [2.45, 2.75) is 19.0 Å². The van der Waals surface area contributed by atoms with Crippen LogP contribution in [0, 0.1) is 0 Å². The second-order valence-corrected chi connectivity index (χ2v) is 4.52. The first kappa shape index (κ1) is 14.4. The van der Waals surface area contributed by atoms with Gasteiger partial charge in [0.05, 0.1) is 6.54 Å². The smallest absolute Gasteiger partial charge is 0.326 e. The van der Waals surface area contributed by atoms with Gasteiger partial charge in [-0.1, -0.05) is 0 Å². The summed E-state index contributed by atoms with van der Waals surface area (Å²) >= 11 is 1.54. The molecule has 7 nitrogen and oxygen atoms in total. The summed E-state index contributed by atoms with van der Waals surface area (Å²) in [4.78, 5) is 29.1. The molecule has 0 saturated carbocycles. The fourth-order valence-corrected chi connectivity index (χ4v) is 1.73. The molecule has 0 bridgehead atoms. The molecule has 4 N–H and O–H groups in total. The molecule has 8 heteroatoms. The maximum absolute atomic E-state index is 11.5. The Balaban J connectivity index is 2.34. The van der Waals surface area contributed by atoms with Gasteiger partial charge in [-0.15, -0.1) is 0 Å². The van der Waals surface area contributed by atoms with Gasteiger partial charge >= 0.3 is 12.0 Å². The van der Waals surface area contributed by atoms with Gasteiger partial charge in [0.15, 0.2) is 0 Å². The van der Waals surface area contributed by atoms with Crippen LogP contribution in [0.15, 0.2) is 12.4 Å². The number of carbonyl (C=O) groups is 2. The SMILES string of the molecule is CSCCC(NC(=O)NCc1ncc[nH]1)C(=O)O. The van der Waals surface area contributed by atoms with Crippen LogP contribution in [-0.2, 0) is 11.3 Å². The Hall–Kier alpha value is -1.70. The van der Waals surface area contributed by atoms with Gasteiger partial charge in [0.1, 0.15) is 11.9 Å². The minimum Gasteiger partial charge on any atom is -0.480 e. The van der Waals surface area contributed by atoms with E-state index in [0.717, 1.165) is 0 Å². The lowest BCUT2D eigenvalue weighted by Gasteiger charge is -2.14. The molecule has 1 atom stereocenters. The molecule has 2 amide bonds. The number of aliphatic carboxylic acids is 1. The molecule has 0 radical (unpaired) electrons. The fraction of sp³-hybridized carbons (Fsp3) is 0.500. The molecule has 1 aromatic heterocycles. The number of rotatable bonds is 7. The van der Waals surface area contributed by atoms with Crippen LogP contribution >= 0.6 is 11.8 Å². The molecule has 0 aromatic carbocycles.